The lowest BCUT2D eigenvalue weighted by molar-refractivity contribution is -0.143. The maximum Gasteiger partial charge on any atom is 0.337 e. The van der Waals surface area contributed by atoms with E-state index in [-0.39, 0.29) is 24.4 Å². The third-order valence-electron chi connectivity index (χ3n) is 2.57. The van der Waals surface area contributed by atoms with Gasteiger partial charge < -0.3 is 14.4 Å². The molecule has 0 radical (unpaired) electrons. The number of hydrogen-bond donors (Lipinski definition) is 1. The number of aryl methyl sites for hydroxylation is 1. The molecule has 0 fully saturated rings. The number of carboxylic acid groups (broad SMARTS) is 1. The first kappa shape index (κ1) is 14.0. The van der Waals surface area contributed by atoms with Gasteiger partial charge in [-0.25, -0.2) is 4.79 Å². The molecule has 0 aliphatic heterocycles. The van der Waals surface area contributed by atoms with Crippen molar-refractivity contribution < 1.29 is 19.4 Å². The normalized spacial score (nSPS) is 10.2. The largest absolute Gasteiger partial charge is 0.478 e. The summed E-state index contributed by atoms with van der Waals surface area (Å²) in [6.45, 7) is 4.64. The summed E-state index contributed by atoms with van der Waals surface area (Å²) in [5, 5.41) is 9.07. The molecule has 0 aliphatic rings. The molecular weight excluding hydrogens is 238 g/mol. The topological polar surface area (TPSA) is 85.6 Å². The Morgan fingerprint density at radius 2 is 2.00 bits per heavy atom. The fourth-order valence-corrected chi connectivity index (χ4v) is 1.78. The summed E-state index contributed by atoms with van der Waals surface area (Å²) in [7, 11) is 0. The predicted octanol–water partition coefficient (Wildman–Crippen LogP) is 0.726. The van der Waals surface area contributed by atoms with Crippen LogP contribution >= 0.6 is 0 Å². The molecule has 0 spiro atoms. The number of pyridine rings is 1. The average Bonchev–Trinajstić information content (AvgIpc) is 2.23. The van der Waals surface area contributed by atoms with Gasteiger partial charge in [-0.05, 0) is 26.3 Å². The summed E-state index contributed by atoms with van der Waals surface area (Å²) in [5.41, 5.74) is 0.257. The van der Waals surface area contributed by atoms with Gasteiger partial charge in [-0.2, -0.15) is 0 Å². The van der Waals surface area contributed by atoms with Crippen molar-refractivity contribution in [2.24, 2.45) is 0 Å². The van der Waals surface area contributed by atoms with Crippen molar-refractivity contribution in [1.29, 1.82) is 0 Å². The molecule has 0 aliphatic carbocycles. The van der Waals surface area contributed by atoms with Gasteiger partial charge in [-0.3, -0.25) is 9.59 Å². The summed E-state index contributed by atoms with van der Waals surface area (Å²) in [5.74, 6) is -1.69. The summed E-state index contributed by atoms with van der Waals surface area (Å²) < 4.78 is 5.85. The molecule has 0 aromatic carbocycles. The van der Waals surface area contributed by atoms with Crippen LogP contribution in [-0.4, -0.2) is 28.2 Å². The van der Waals surface area contributed by atoms with Crippen LogP contribution in [0.15, 0.2) is 10.9 Å². The summed E-state index contributed by atoms with van der Waals surface area (Å²) >= 11 is 0. The van der Waals surface area contributed by atoms with E-state index < -0.39 is 17.5 Å². The highest BCUT2D eigenvalue weighted by Crippen LogP contribution is 2.11. The van der Waals surface area contributed by atoms with Crippen LogP contribution in [0, 0.1) is 13.8 Å². The zero-order chi connectivity index (χ0) is 13.9. The third-order valence-corrected chi connectivity index (χ3v) is 2.57. The average molecular weight is 253 g/mol. The predicted molar refractivity (Wildman–Crippen MR) is 63.8 cm³/mol. The zero-order valence-electron chi connectivity index (χ0n) is 10.5. The molecule has 0 atom stereocenters. The van der Waals surface area contributed by atoms with Crippen molar-refractivity contribution in [2.45, 2.75) is 27.3 Å². The number of carbonyl (C=O) groups excluding carboxylic acids is 1. The number of carboxylic acids is 1. The Morgan fingerprint density at radius 3 is 2.50 bits per heavy atom. The van der Waals surface area contributed by atoms with Crippen LogP contribution in [0.4, 0.5) is 0 Å². The highest BCUT2D eigenvalue weighted by atomic mass is 16.5. The van der Waals surface area contributed by atoms with Crippen LogP contribution in [0.25, 0.3) is 0 Å². The molecular formula is C12H15NO5. The minimum absolute atomic E-state index is 0.0406. The fourth-order valence-electron chi connectivity index (χ4n) is 1.78. The molecule has 0 bridgehead atoms. The number of carbonyl (C=O) groups is 2. The third kappa shape index (κ3) is 2.77. The van der Waals surface area contributed by atoms with Crippen LogP contribution in [0.5, 0.6) is 0 Å². The molecule has 1 heterocycles. The number of esters is 1. The van der Waals surface area contributed by atoms with E-state index in [4.69, 9.17) is 9.84 Å². The quantitative estimate of drug-likeness (QED) is 0.799. The van der Waals surface area contributed by atoms with E-state index in [0.29, 0.717) is 5.56 Å². The maximum absolute atomic E-state index is 11.7. The van der Waals surface area contributed by atoms with Crippen LogP contribution in [0.2, 0.25) is 0 Å². The van der Waals surface area contributed by atoms with Gasteiger partial charge in [0.05, 0.1) is 12.2 Å². The van der Waals surface area contributed by atoms with Crippen molar-refractivity contribution >= 4 is 11.9 Å². The van der Waals surface area contributed by atoms with E-state index in [2.05, 4.69) is 0 Å². The second-order valence-electron chi connectivity index (χ2n) is 3.82. The molecule has 18 heavy (non-hydrogen) atoms. The lowest BCUT2D eigenvalue weighted by atomic mass is 10.1. The maximum atomic E-state index is 11.7. The van der Waals surface area contributed by atoms with Gasteiger partial charge in [-0.1, -0.05) is 0 Å². The van der Waals surface area contributed by atoms with Crippen molar-refractivity contribution in [1.82, 2.24) is 4.57 Å². The van der Waals surface area contributed by atoms with Crippen molar-refractivity contribution in [3.05, 3.63) is 33.2 Å². The number of hydrogen-bond acceptors (Lipinski definition) is 4. The van der Waals surface area contributed by atoms with Gasteiger partial charge in [0.2, 0.25) is 0 Å². The number of nitrogens with zero attached hydrogens (tertiary/aromatic N) is 1. The summed E-state index contributed by atoms with van der Waals surface area (Å²) in [4.78, 5) is 34.2. The van der Waals surface area contributed by atoms with Gasteiger partial charge >= 0.3 is 11.9 Å². The Hall–Kier alpha value is -2.11. The number of ether oxygens (including phenoxy) is 1. The molecule has 1 N–H and O–H groups in total. The molecule has 1 aromatic heterocycles. The summed E-state index contributed by atoms with van der Waals surface area (Å²) in [6.07, 6.45) is 0. The lowest BCUT2D eigenvalue weighted by Gasteiger charge is -2.13. The van der Waals surface area contributed by atoms with Crippen molar-refractivity contribution in [3.8, 4) is 0 Å². The monoisotopic (exact) mass is 253 g/mol. The van der Waals surface area contributed by atoms with E-state index in [9.17, 15) is 14.4 Å². The van der Waals surface area contributed by atoms with Gasteiger partial charge in [0.1, 0.15) is 6.54 Å². The zero-order valence-corrected chi connectivity index (χ0v) is 10.5. The van der Waals surface area contributed by atoms with Gasteiger partial charge in [-0.15, -0.1) is 0 Å². The first-order valence-electron chi connectivity index (χ1n) is 5.48. The minimum atomic E-state index is -1.12. The summed E-state index contributed by atoms with van der Waals surface area (Å²) in [6, 6.07) is 1.20. The highest BCUT2D eigenvalue weighted by molar-refractivity contribution is 5.90. The first-order chi connectivity index (χ1) is 8.38. The molecule has 6 nitrogen and oxygen atoms in total. The molecule has 0 saturated heterocycles. The first-order valence-corrected chi connectivity index (χ1v) is 5.48. The van der Waals surface area contributed by atoms with E-state index in [1.54, 1.807) is 13.8 Å². The van der Waals surface area contributed by atoms with Crippen molar-refractivity contribution in [3.63, 3.8) is 0 Å². The molecule has 0 unspecified atom stereocenters. The molecule has 0 amide bonds. The fraction of sp³-hybridized carbons (Fsp3) is 0.417. The smallest absolute Gasteiger partial charge is 0.337 e. The standard InChI is InChI=1S/C12H15NO5/c1-4-18-10(15)6-13-8(3)11(12(16)17)7(2)5-9(13)14/h5H,4,6H2,1-3H3,(H,16,17). The molecule has 98 valence electrons. The number of aromatic carboxylic acids is 1. The highest BCUT2D eigenvalue weighted by Gasteiger charge is 2.17. The van der Waals surface area contributed by atoms with Gasteiger partial charge in [0.25, 0.3) is 5.56 Å². The van der Waals surface area contributed by atoms with E-state index in [1.807, 2.05) is 0 Å². The van der Waals surface area contributed by atoms with E-state index >= 15 is 0 Å². The van der Waals surface area contributed by atoms with E-state index in [0.717, 1.165) is 4.57 Å². The minimum Gasteiger partial charge on any atom is -0.478 e. The van der Waals surface area contributed by atoms with Crippen LogP contribution < -0.4 is 5.56 Å². The van der Waals surface area contributed by atoms with Crippen LogP contribution in [0.3, 0.4) is 0 Å². The Balaban J connectivity index is 3.28. The molecule has 1 rings (SSSR count). The van der Waals surface area contributed by atoms with Gasteiger partial charge in [0.15, 0.2) is 0 Å². The molecule has 0 saturated carbocycles. The Bertz CT molecular complexity index is 544. The molecule has 6 heteroatoms. The van der Waals surface area contributed by atoms with Gasteiger partial charge in [0, 0.05) is 11.8 Å². The van der Waals surface area contributed by atoms with Crippen LogP contribution in [-0.2, 0) is 16.1 Å². The Kier molecular flexibility index (Phi) is 4.25. The van der Waals surface area contributed by atoms with Crippen LogP contribution in [0.1, 0.15) is 28.5 Å². The van der Waals surface area contributed by atoms with Crippen molar-refractivity contribution in [2.75, 3.05) is 6.61 Å². The SMILES string of the molecule is CCOC(=O)Cn1c(C)c(C(=O)O)c(C)cc1=O. The lowest BCUT2D eigenvalue weighted by Crippen LogP contribution is -2.29. The van der Waals surface area contributed by atoms with E-state index in [1.165, 1.54) is 13.0 Å². The molecule has 1 aromatic rings. The Labute approximate surface area is 104 Å². The number of rotatable bonds is 4. The Morgan fingerprint density at radius 1 is 1.39 bits per heavy atom. The second-order valence-corrected chi connectivity index (χ2v) is 3.82. The second kappa shape index (κ2) is 5.48. The number of aromatic nitrogens is 1.